The second-order valence-corrected chi connectivity index (χ2v) is 9.70. The van der Waals surface area contributed by atoms with Gasteiger partial charge in [0.25, 0.3) is 0 Å². The van der Waals surface area contributed by atoms with Crippen molar-refractivity contribution < 1.29 is 19.1 Å². The molecule has 4 aromatic heterocycles. The maximum Gasteiger partial charge on any atom is 0.348 e. The molecule has 14 heteroatoms. The highest BCUT2D eigenvalue weighted by molar-refractivity contribution is 7.20. The number of ether oxygens (including phenoxy) is 2. The van der Waals surface area contributed by atoms with Gasteiger partial charge in [0.2, 0.25) is 11.9 Å². The van der Waals surface area contributed by atoms with Crippen LogP contribution in [0.1, 0.15) is 24.9 Å². The first kappa shape index (κ1) is 26.0. The van der Waals surface area contributed by atoms with Crippen LogP contribution in [0.5, 0.6) is 0 Å². The van der Waals surface area contributed by atoms with Gasteiger partial charge in [-0.15, -0.1) is 22.7 Å². The average Bonchev–Trinajstić information content (AvgIpc) is 3.52. The summed E-state index contributed by atoms with van der Waals surface area (Å²) in [6, 6.07) is 13.3. The van der Waals surface area contributed by atoms with Crippen LogP contribution in [0.2, 0.25) is 5.15 Å². The molecule has 5 N–H and O–H groups in total. The monoisotopic (exact) mass is 557 g/mol. The second kappa shape index (κ2) is 11.3. The molecule has 0 spiro atoms. The molecule has 0 aliphatic carbocycles. The number of methoxy groups -OCH3 is 2. The Morgan fingerprint density at radius 1 is 0.865 bits per heavy atom. The lowest BCUT2D eigenvalue weighted by atomic mass is 10.2. The quantitative estimate of drug-likeness (QED) is 0.207. The first-order chi connectivity index (χ1) is 17.8. The van der Waals surface area contributed by atoms with Crippen LogP contribution in [0.4, 0.5) is 17.7 Å². The van der Waals surface area contributed by atoms with E-state index in [2.05, 4.69) is 30.0 Å². The molecule has 0 fully saturated rings. The van der Waals surface area contributed by atoms with Crippen LogP contribution in [0, 0.1) is 0 Å². The fraction of sp³-hybridized carbons (Fsp3) is 0.130. The van der Waals surface area contributed by atoms with Crippen molar-refractivity contribution in [1.29, 1.82) is 0 Å². The third kappa shape index (κ3) is 6.02. The number of rotatable bonds is 5. The number of carbonyl (C=O) groups is 2. The summed E-state index contributed by atoms with van der Waals surface area (Å²) in [5.74, 6) is 0.0491. The number of esters is 2. The van der Waals surface area contributed by atoms with Gasteiger partial charge in [0, 0.05) is 11.9 Å². The lowest BCUT2D eigenvalue weighted by Gasteiger charge is -2.07. The molecule has 0 aliphatic rings. The first-order valence-electron chi connectivity index (χ1n) is 10.5. The van der Waals surface area contributed by atoms with Crippen LogP contribution >= 0.6 is 34.3 Å². The van der Waals surface area contributed by atoms with Crippen LogP contribution in [0.25, 0.3) is 20.4 Å². The number of aromatic nitrogens is 4. The largest absolute Gasteiger partial charge is 0.465 e. The molecule has 0 radical (unpaired) electrons. The van der Waals surface area contributed by atoms with Crippen LogP contribution in [-0.4, -0.2) is 46.1 Å². The van der Waals surface area contributed by atoms with Gasteiger partial charge >= 0.3 is 11.9 Å². The van der Waals surface area contributed by atoms with Gasteiger partial charge in [0.1, 0.15) is 30.4 Å². The van der Waals surface area contributed by atoms with Gasteiger partial charge in [-0.3, -0.25) is 0 Å². The van der Waals surface area contributed by atoms with E-state index in [-0.39, 0.29) is 17.0 Å². The number of hydrogen-bond acceptors (Lipinski definition) is 13. The normalized spacial score (nSPS) is 10.6. The van der Waals surface area contributed by atoms with Gasteiger partial charge in [-0.25, -0.2) is 24.5 Å². The molecule has 5 aromatic rings. The third-order valence-electron chi connectivity index (χ3n) is 4.85. The van der Waals surface area contributed by atoms with E-state index in [1.807, 2.05) is 30.3 Å². The lowest BCUT2D eigenvalue weighted by molar-refractivity contribution is 0.0597. The number of nitrogen functional groups attached to an aromatic ring is 2. The lowest BCUT2D eigenvalue weighted by Crippen LogP contribution is -2.04. The molecule has 0 amide bonds. The van der Waals surface area contributed by atoms with E-state index in [4.69, 9.17) is 27.8 Å². The number of nitrogens with two attached hydrogens (primary N) is 2. The molecular formula is C23H20ClN7O4S2. The molecule has 0 unspecified atom stereocenters. The molecule has 0 aliphatic heterocycles. The Balaban J connectivity index is 0.000000186. The summed E-state index contributed by atoms with van der Waals surface area (Å²) in [5, 5.41) is 4.85. The molecule has 37 heavy (non-hydrogen) atoms. The minimum absolute atomic E-state index is 0.0887. The standard InChI is InChI=1S/C15H14N4O2S.C8H6ClN3O2S/c1-21-14(20)11-7-10-12(18-15(16)19-13(10)22-11)17-8-9-5-3-2-4-6-9;1-14-7(13)4-2-3-5(9)11-8(10)12-6(3)15-4/h2-7H,8H2,1H3,(H3,16,17,18,19);2H,1H3,(H2,10,11,12). The van der Waals surface area contributed by atoms with Crippen LogP contribution in [0.15, 0.2) is 42.5 Å². The van der Waals surface area contributed by atoms with Crippen LogP contribution < -0.4 is 16.8 Å². The van der Waals surface area contributed by atoms with Crippen molar-refractivity contribution in [2.75, 3.05) is 31.0 Å². The molecule has 5 rings (SSSR count). The zero-order valence-corrected chi connectivity index (χ0v) is 21.9. The fourth-order valence-electron chi connectivity index (χ4n) is 3.16. The summed E-state index contributed by atoms with van der Waals surface area (Å²) in [6.45, 7) is 0.607. The predicted octanol–water partition coefficient (Wildman–Crippen LogP) is 4.39. The van der Waals surface area contributed by atoms with Gasteiger partial charge in [0.15, 0.2) is 0 Å². The zero-order valence-electron chi connectivity index (χ0n) is 19.5. The van der Waals surface area contributed by atoms with Crippen molar-refractivity contribution in [3.8, 4) is 0 Å². The second-order valence-electron chi connectivity index (χ2n) is 7.28. The average molecular weight is 558 g/mol. The van der Waals surface area contributed by atoms with E-state index >= 15 is 0 Å². The first-order valence-corrected chi connectivity index (χ1v) is 12.5. The number of nitrogens with one attached hydrogen (secondary N) is 1. The van der Waals surface area contributed by atoms with Crippen LogP contribution in [-0.2, 0) is 16.0 Å². The molecule has 0 atom stereocenters. The molecule has 4 heterocycles. The highest BCUT2D eigenvalue weighted by atomic mass is 35.5. The SMILES string of the molecule is COC(=O)c1cc2c(Cl)nc(N)nc2s1.COC(=O)c1cc2c(NCc3ccccc3)nc(N)nc2s1. The predicted molar refractivity (Wildman–Crippen MR) is 145 cm³/mol. The summed E-state index contributed by atoms with van der Waals surface area (Å²) in [6.07, 6.45) is 0. The van der Waals surface area contributed by atoms with Gasteiger partial charge in [0.05, 0.1) is 19.6 Å². The Hall–Kier alpha value is -4.07. The molecule has 0 saturated carbocycles. The Bertz CT molecular complexity index is 1590. The van der Waals surface area contributed by atoms with E-state index in [0.29, 0.717) is 37.2 Å². The topological polar surface area (TPSA) is 168 Å². The van der Waals surface area contributed by atoms with E-state index in [1.165, 1.54) is 36.9 Å². The fourth-order valence-corrected chi connectivity index (χ4v) is 5.36. The van der Waals surface area contributed by atoms with E-state index < -0.39 is 11.9 Å². The summed E-state index contributed by atoms with van der Waals surface area (Å²) in [5.41, 5.74) is 12.3. The molecule has 1 aromatic carbocycles. The number of halogens is 1. The van der Waals surface area contributed by atoms with E-state index in [0.717, 1.165) is 10.9 Å². The van der Waals surface area contributed by atoms with Crippen LogP contribution in [0.3, 0.4) is 0 Å². The Kier molecular flexibility index (Phi) is 7.96. The number of carbonyl (C=O) groups excluding carboxylic acids is 2. The molecule has 0 bridgehead atoms. The van der Waals surface area contributed by atoms with Gasteiger partial charge in [-0.05, 0) is 17.7 Å². The van der Waals surface area contributed by atoms with Gasteiger partial charge < -0.3 is 26.3 Å². The minimum Gasteiger partial charge on any atom is -0.465 e. The zero-order chi connectivity index (χ0) is 26.5. The van der Waals surface area contributed by atoms with Crippen molar-refractivity contribution in [2.24, 2.45) is 0 Å². The Labute approximate surface area is 223 Å². The summed E-state index contributed by atoms with van der Waals surface area (Å²) in [7, 11) is 2.66. The number of nitrogens with zero attached hydrogens (tertiary/aromatic N) is 4. The van der Waals surface area contributed by atoms with E-state index in [9.17, 15) is 9.59 Å². The van der Waals surface area contributed by atoms with Crippen molar-refractivity contribution >= 4 is 84.4 Å². The number of fused-ring (bicyclic) bond motifs is 2. The number of benzene rings is 1. The maximum absolute atomic E-state index is 11.6. The number of anilines is 3. The summed E-state index contributed by atoms with van der Waals surface area (Å²) in [4.78, 5) is 41.2. The number of hydrogen-bond donors (Lipinski definition) is 3. The Morgan fingerprint density at radius 3 is 2.00 bits per heavy atom. The van der Waals surface area contributed by atoms with Gasteiger partial charge in [-0.1, -0.05) is 41.9 Å². The van der Waals surface area contributed by atoms with Crippen molar-refractivity contribution in [1.82, 2.24) is 19.9 Å². The highest BCUT2D eigenvalue weighted by Gasteiger charge is 2.16. The van der Waals surface area contributed by atoms with Gasteiger partial charge in [-0.2, -0.15) is 4.98 Å². The van der Waals surface area contributed by atoms with Crippen molar-refractivity contribution in [2.45, 2.75) is 6.54 Å². The highest BCUT2D eigenvalue weighted by Crippen LogP contribution is 2.31. The number of thiophene rings is 2. The van der Waals surface area contributed by atoms with Crippen molar-refractivity contribution in [3.05, 3.63) is 62.9 Å². The molecular weight excluding hydrogens is 538 g/mol. The smallest absolute Gasteiger partial charge is 0.348 e. The maximum atomic E-state index is 11.6. The van der Waals surface area contributed by atoms with E-state index in [1.54, 1.807) is 12.1 Å². The molecule has 11 nitrogen and oxygen atoms in total. The third-order valence-corrected chi connectivity index (χ3v) is 7.16. The molecule has 0 saturated heterocycles. The summed E-state index contributed by atoms with van der Waals surface area (Å²) >= 11 is 8.25. The minimum atomic E-state index is -0.423. The molecule has 190 valence electrons. The summed E-state index contributed by atoms with van der Waals surface area (Å²) < 4.78 is 9.32. The Morgan fingerprint density at radius 2 is 1.41 bits per heavy atom. The van der Waals surface area contributed by atoms with Crippen molar-refractivity contribution in [3.63, 3.8) is 0 Å².